The lowest BCUT2D eigenvalue weighted by Crippen LogP contribution is -2.18. The third-order valence-electron chi connectivity index (χ3n) is 2.33. The molecule has 2 aromatic heterocycles. The molecule has 0 saturated heterocycles. The van der Waals surface area contributed by atoms with Crippen LogP contribution in [0.4, 0.5) is 5.82 Å². The zero-order chi connectivity index (χ0) is 12.3. The maximum absolute atomic E-state index is 9.11. The summed E-state index contributed by atoms with van der Waals surface area (Å²) < 4.78 is 0. The van der Waals surface area contributed by atoms with Crippen LogP contribution < -0.4 is 4.90 Å². The molecule has 0 amide bonds. The first-order valence-electron chi connectivity index (χ1n) is 5.05. The number of hydrogen-bond acceptors (Lipinski definition) is 5. The number of aliphatic hydroxyl groups excluding tert-OH is 1. The Balaban J connectivity index is 2.16. The Morgan fingerprint density at radius 1 is 1.47 bits per heavy atom. The van der Waals surface area contributed by atoms with Crippen molar-refractivity contribution in [3.63, 3.8) is 0 Å². The average molecular weight is 270 g/mol. The predicted octanol–water partition coefficient (Wildman–Crippen LogP) is 2.32. The Morgan fingerprint density at radius 2 is 2.29 bits per heavy atom. The van der Waals surface area contributed by atoms with Crippen molar-refractivity contribution in [2.45, 2.75) is 13.2 Å². The van der Waals surface area contributed by atoms with E-state index in [4.69, 9.17) is 16.7 Å². The molecule has 4 nitrogen and oxygen atoms in total. The molecule has 2 heterocycles. The van der Waals surface area contributed by atoms with E-state index in [0.717, 1.165) is 11.5 Å². The normalized spacial score (nSPS) is 10.5. The first-order valence-corrected chi connectivity index (χ1v) is 6.37. The second kappa shape index (κ2) is 5.44. The molecule has 0 aromatic carbocycles. The zero-order valence-corrected chi connectivity index (χ0v) is 10.9. The lowest BCUT2D eigenvalue weighted by molar-refractivity contribution is 0.277. The fourth-order valence-corrected chi connectivity index (χ4v) is 2.15. The van der Waals surface area contributed by atoms with Gasteiger partial charge in [-0.25, -0.2) is 9.97 Å². The van der Waals surface area contributed by atoms with Gasteiger partial charge in [-0.2, -0.15) is 0 Å². The number of rotatable bonds is 4. The molecule has 2 aromatic rings. The standard InChI is InChI=1S/C11H12ClN3OS/c1-15(4-8-6-17-7-13-8)11-3-2-9(12)10(5-16)14-11/h2-3,6-7,16H,4-5H2,1H3. The summed E-state index contributed by atoms with van der Waals surface area (Å²) in [4.78, 5) is 10.5. The van der Waals surface area contributed by atoms with E-state index in [1.807, 2.05) is 23.4 Å². The average Bonchev–Trinajstić information content (AvgIpc) is 2.82. The van der Waals surface area contributed by atoms with Crippen molar-refractivity contribution in [3.05, 3.63) is 39.4 Å². The monoisotopic (exact) mass is 269 g/mol. The minimum Gasteiger partial charge on any atom is -0.390 e. The summed E-state index contributed by atoms with van der Waals surface area (Å²) in [6.07, 6.45) is 0. The van der Waals surface area contributed by atoms with E-state index in [0.29, 0.717) is 17.3 Å². The topological polar surface area (TPSA) is 49.2 Å². The van der Waals surface area contributed by atoms with Crippen molar-refractivity contribution < 1.29 is 5.11 Å². The van der Waals surface area contributed by atoms with Gasteiger partial charge in [-0.3, -0.25) is 0 Å². The summed E-state index contributed by atoms with van der Waals surface area (Å²) >= 11 is 7.46. The molecule has 0 radical (unpaired) electrons. The molecule has 17 heavy (non-hydrogen) atoms. The van der Waals surface area contributed by atoms with E-state index >= 15 is 0 Å². The highest BCUT2D eigenvalue weighted by atomic mass is 35.5. The largest absolute Gasteiger partial charge is 0.390 e. The maximum Gasteiger partial charge on any atom is 0.129 e. The van der Waals surface area contributed by atoms with Crippen LogP contribution in [0.15, 0.2) is 23.0 Å². The van der Waals surface area contributed by atoms with E-state index in [9.17, 15) is 0 Å². The highest BCUT2D eigenvalue weighted by molar-refractivity contribution is 7.07. The molecule has 0 bridgehead atoms. The molecule has 0 aliphatic heterocycles. The smallest absolute Gasteiger partial charge is 0.129 e. The van der Waals surface area contributed by atoms with Gasteiger partial charge in [-0.1, -0.05) is 11.6 Å². The molecule has 6 heteroatoms. The number of aliphatic hydroxyl groups is 1. The van der Waals surface area contributed by atoms with Gasteiger partial charge < -0.3 is 10.0 Å². The van der Waals surface area contributed by atoms with E-state index in [-0.39, 0.29) is 6.61 Å². The van der Waals surface area contributed by atoms with Crippen molar-refractivity contribution in [2.75, 3.05) is 11.9 Å². The SMILES string of the molecule is CN(Cc1cscn1)c1ccc(Cl)c(CO)n1. The molecule has 0 saturated carbocycles. The number of anilines is 1. The van der Waals surface area contributed by atoms with E-state index in [2.05, 4.69) is 9.97 Å². The first-order chi connectivity index (χ1) is 8.20. The Hall–Kier alpha value is -1.17. The molecule has 0 aliphatic rings. The number of halogens is 1. The van der Waals surface area contributed by atoms with Crippen LogP contribution in [0.25, 0.3) is 0 Å². The van der Waals surface area contributed by atoms with Gasteiger partial charge in [0.25, 0.3) is 0 Å². The molecule has 1 N–H and O–H groups in total. The zero-order valence-electron chi connectivity index (χ0n) is 9.30. The van der Waals surface area contributed by atoms with Crippen molar-refractivity contribution in [1.82, 2.24) is 9.97 Å². The Kier molecular flexibility index (Phi) is 3.93. The van der Waals surface area contributed by atoms with Gasteiger partial charge in [0.05, 0.1) is 35.1 Å². The van der Waals surface area contributed by atoms with Crippen LogP contribution in [0.5, 0.6) is 0 Å². The van der Waals surface area contributed by atoms with Gasteiger partial charge in [0, 0.05) is 12.4 Å². The lowest BCUT2D eigenvalue weighted by Gasteiger charge is -2.17. The van der Waals surface area contributed by atoms with Gasteiger partial charge in [0.2, 0.25) is 0 Å². The summed E-state index contributed by atoms with van der Waals surface area (Å²) in [5, 5.41) is 11.6. The third-order valence-corrected chi connectivity index (χ3v) is 3.31. The van der Waals surface area contributed by atoms with E-state index < -0.39 is 0 Å². The molecule has 0 fully saturated rings. The summed E-state index contributed by atoms with van der Waals surface area (Å²) in [6.45, 7) is 0.528. The van der Waals surface area contributed by atoms with Gasteiger partial charge in [-0.05, 0) is 12.1 Å². The second-order valence-corrected chi connectivity index (χ2v) is 4.72. The van der Waals surface area contributed by atoms with Crippen molar-refractivity contribution >= 4 is 28.8 Å². The summed E-state index contributed by atoms with van der Waals surface area (Å²) in [7, 11) is 1.93. The Labute approximate surface area is 109 Å². The highest BCUT2D eigenvalue weighted by Crippen LogP contribution is 2.19. The Morgan fingerprint density at radius 3 is 2.94 bits per heavy atom. The van der Waals surface area contributed by atoms with Crippen LogP contribution in [0.3, 0.4) is 0 Å². The second-order valence-electron chi connectivity index (χ2n) is 3.59. The van der Waals surface area contributed by atoms with E-state index in [1.54, 1.807) is 22.9 Å². The minimum absolute atomic E-state index is 0.156. The van der Waals surface area contributed by atoms with Crippen molar-refractivity contribution in [3.8, 4) is 0 Å². The lowest BCUT2D eigenvalue weighted by atomic mass is 10.3. The van der Waals surface area contributed by atoms with Gasteiger partial charge in [0.1, 0.15) is 5.82 Å². The van der Waals surface area contributed by atoms with Crippen LogP contribution >= 0.6 is 22.9 Å². The van der Waals surface area contributed by atoms with Crippen molar-refractivity contribution in [2.24, 2.45) is 0 Å². The Bertz CT molecular complexity index is 489. The van der Waals surface area contributed by atoms with Crippen molar-refractivity contribution in [1.29, 1.82) is 0 Å². The number of thiazole rings is 1. The summed E-state index contributed by atoms with van der Waals surface area (Å²) in [6, 6.07) is 3.57. The molecular formula is C11H12ClN3OS. The molecule has 0 aliphatic carbocycles. The number of hydrogen-bond donors (Lipinski definition) is 1. The van der Waals surface area contributed by atoms with E-state index in [1.165, 1.54) is 0 Å². The van der Waals surface area contributed by atoms with Crippen LogP contribution in [0, 0.1) is 0 Å². The fraction of sp³-hybridized carbons (Fsp3) is 0.273. The predicted molar refractivity (Wildman–Crippen MR) is 69.4 cm³/mol. The molecule has 0 atom stereocenters. The van der Waals surface area contributed by atoms with Crippen LogP contribution in [-0.2, 0) is 13.2 Å². The van der Waals surface area contributed by atoms with Gasteiger partial charge in [0.15, 0.2) is 0 Å². The first kappa shape index (κ1) is 12.3. The number of pyridine rings is 1. The summed E-state index contributed by atoms with van der Waals surface area (Å²) in [5.74, 6) is 0.770. The van der Waals surface area contributed by atoms with Crippen LogP contribution in [-0.4, -0.2) is 22.1 Å². The molecule has 90 valence electrons. The third kappa shape index (κ3) is 2.94. The number of nitrogens with zero attached hydrogens (tertiary/aromatic N) is 3. The summed E-state index contributed by atoms with van der Waals surface area (Å²) in [5.41, 5.74) is 3.30. The molecule has 0 unspecified atom stereocenters. The quantitative estimate of drug-likeness (QED) is 0.925. The molecule has 2 rings (SSSR count). The highest BCUT2D eigenvalue weighted by Gasteiger charge is 2.08. The van der Waals surface area contributed by atoms with Crippen LogP contribution in [0.2, 0.25) is 5.02 Å². The van der Waals surface area contributed by atoms with Crippen LogP contribution in [0.1, 0.15) is 11.4 Å². The number of aromatic nitrogens is 2. The fourth-order valence-electron chi connectivity index (χ4n) is 1.44. The molecular weight excluding hydrogens is 258 g/mol. The van der Waals surface area contributed by atoms with Gasteiger partial charge in [-0.15, -0.1) is 11.3 Å². The van der Waals surface area contributed by atoms with Gasteiger partial charge >= 0.3 is 0 Å². The minimum atomic E-state index is -0.156. The molecule has 0 spiro atoms. The maximum atomic E-state index is 9.11.